The molecule has 2 N–H and O–H groups in total. The molecule has 30 heavy (non-hydrogen) atoms. The van der Waals surface area contributed by atoms with Crippen LogP contribution in [0.25, 0.3) is 10.9 Å². The Hall–Kier alpha value is -2.28. The molecule has 1 aliphatic rings. The van der Waals surface area contributed by atoms with Crippen LogP contribution < -0.4 is 0 Å². The molecule has 3 unspecified atom stereocenters. The maximum Gasteiger partial charge on any atom is 0.417 e. The largest absolute Gasteiger partial charge is 0.497 e. The predicted octanol–water partition coefficient (Wildman–Crippen LogP) is 5.86. The van der Waals surface area contributed by atoms with Crippen LogP contribution in [0.5, 0.6) is 0 Å². The van der Waals surface area contributed by atoms with Crippen LogP contribution in [0.15, 0.2) is 53.8 Å². The van der Waals surface area contributed by atoms with Crippen molar-refractivity contribution in [1.29, 1.82) is 0 Å². The Bertz CT molecular complexity index is 940. The summed E-state index contributed by atoms with van der Waals surface area (Å²) in [5, 5.41) is 11.7. The average Bonchev–Trinajstić information content (AvgIpc) is 3.04. The van der Waals surface area contributed by atoms with Gasteiger partial charge in [0.2, 0.25) is 0 Å². The van der Waals surface area contributed by atoms with E-state index >= 15 is 0 Å². The van der Waals surface area contributed by atoms with Gasteiger partial charge < -0.3 is 14.8 Å². The fourth-order valence-corrected chi connectivity index (χ4v) is 4.58. The van der Waals surface area contributed by atoms with Gasteiger partial charge in [-0.2, -0.15) is 13.2 Å². The molecular weight excluding hydrogens is 398 g/mol. The number of allylic oxidation sites excluding steroid dienone is 3. The number of rotatable bonds is 6. The van der Waals surface area contributed by atoms with Crippen molar-refractivity contribution in [2.24, 2.45) is 11.3 Å². The van der Waals surface area contributed by atoms with Gasteiger partial charge in [-0.25, -0.2) is 4.39 Å². The summed E-state index contributed by atoms with van der Waals surface area (Å²) in [6.07, 6.45) is -4.68. The summed E-state index contributed by atoms with van der Waals surface area (Å²) in [6, 6.07) is 8.75. The van der Waals surface area contributed by atoms with Crippen molar-refractivity contribution in [2.45, 2.75) is 51.6 Å². The lowest BCUT2D eigenvalue weighted by Gasteiger charge is -2.42. The van der Waals surface area contributed by atoms with Crippen molar-refractivity contribution in [3.8, 4) is 0 Å². The van der Waals surface area contributed by atoms with E-state index in [9.17, 15) is 22.7 Å². The van der Waals surface area contributed by atoms with Gasteiger partial charge in [0.05, 0.1) is 7.11 Å². The van der Waals surface area contributed by atoms with Crippen molar-refractivity contribution in [3.63, 3.8) is 0 Å². The SMILES string of the molecule is COC1=C(C(C)(C)CC(O)(Cc2cc3ccccc3[nH]2)C(F)(F)F)C(C)C(F)C=C1. The number of H-pyrrole nitrogens is 1. The molecule has 164 valence electrons. The number of hydrogen-bond donors (Lipinski definition) is 2. The lowest BCUT2D eigenvalue weighted by atomic mass is 9.67. The number of aliphatic hydroxyl groups is 1. The van der Waals surface area contributed by atoms with E-state index in [1.807, 2.05) is 0 Å². The smallest absolute Gasteiger partial charge is 0.417 e. The minimum Gasteiger partial charge on any atom is -0.497 e. The minimum absolute atomic E-state index is 0.285. The number of hydrogen-bond acceptors (Lipinski definition) is 2. The van der Waals surface area contributed by atoms with E-state index in [0.717, 1.165) is 5.39 Å². The molecule has 1 aromatic carbocycles. The van der Waals surface area contributed by atoms with E-state index < -0.39 is 42.1 Å². The first-order valence-electron chi connectivity index (χ1n) is 9.84. The molecule has 1 aromatic heterocycles. The highest BCUT2D eigenvalue weighted by molar-refractivity contribution is 5.80. The summed E-state index contributed by atoms with van der Waals surface area (Å²) in [5.74, 6) is -0.318. The average molecular weight is 425 g/mol. The van der Waals surface area contributed by atoms with Gasteiger partial charge in [-0.3, -0.25) is 0 Å². The van der Waals surface area contributed by atoms with E-state index in [2.05, 4.69) is 4.98 Å². The summed E-state index contributed by atoms with van der Waals surface area (Å²) in [6.45, 7) is 4.80. The highest BCUT2D eigenvalue weighted by Gasteiger charge is 2.57. The van der Waals surface area contributed by atoms with Gasteiger partial charge in [-0.15, -0.1) is 0 Å². The standard InChI is InChI=1S/C23H27F4NO2/c1-14-17(24)9-10-19(30-4)20(14)21(2,3)13-22(29,23(25,26)27)12-16-11-15-7-5-6-8-18(15)28-16/h5-11,14,17,28-29H,12-13H2,1-4H3. The molecule has 0 saturated heterocycles. The summed E-state index contributed by atoms with van der Waals surface area (Å²) in [4.78, 5) is 2.96. The molecule has 7 heteroatoms. The van der Waals surface area contributed by atoms with Crippen LogP contribution in [-0.4, -0.2) is 35.1 Å². The van der Waals surface area contributed by atoms with Crippen molar-refractivity contribution in [1.82, 2.24) is 4.98 Å². The lowest BCUT2D eigenvalue weighted by molar-refractivity contribution is -0.268. The Kier molecular flexibility index (Phi) is 5.80. The fourth-order valence-electron chi connectivity index (χ4n) is 4.58. The summed E-state index contributed by atoms with van der Waals surface area (Å²) >= 11 is 0. The molecule has 0 spiro atoms. The number of nitrogens with one attached hydrogen (secondary N) is 1. The molecule has 0 aliphatic heterocycles. The maximum absolute atomic E-state index is 14.3. The van der Waals surface area contributed by atoms with Crippen LogP contribution in [0.1, 0.15) is 32.9 Å². The third-order valence-electron chi connectivity index (χ3n) is 5.91. The van der Waals surface area contributed by atoms with Crippen molar-refractivity contribution in [2.75, 3.05) is 7.11 Å². The van der Waals surface area contributed by atoms with Crippen LogP contribution >= 0.6 is 0 Å². The Balaban J connectivity index is 1.99. The van der Waals surface area contributed by atoms with E-state index in [0.29, 0.717) is 16.8 Å². The third-order valence-corrected chi connectivity index (χ3v) is 5.91. The first-order chi connectivity index (χ1) is 13.9. The number of para-hydroxylation sites is 1. The number of halogens is 4. The van der Waals surface area contributed by atoms with Crippen LogP contribution in [-0.2, 0) is 11.2 Å². The van der Waals surface area contributed by atoms with Gasteiger partial charge in [0.25, 0.3) is 0 Å². The topological polar surface area (TPSA) is 45.2 Å². The first-order valence-corrected chi connectivity index (χ1v) is 9.84. The number of benzene rings is 1. The fraction of sp³-hybridized carbons (Fsp3) is 0.478. The number of fused-ring (bicyclic) bond motifs is 1. The van der Waals surface area contributed by atoms with E-state index in [1.54, 1.807) is 51.1 Å². The second-order valence-electron chi connectivity index (χ2n) is 8.72. The van der Waals surface area contributed by atoms with Crippen LogP contribution in [0.4, 0.5) is 17.6 Å². The predicted molar refractivity (Wildman–Crippen MR) is 109 cm³/mol. The Labute approximate surface area is 173 Å². The molecule has 3 nitrogen and oxygen atoms in total. The number of aromatic nitrogens is 1. The number of methoxy groups -OCH3 is 1. The second-order valence-corrected chi connectivity index (χ2v) is 8.72. The monoisotopic (exact) mass is 425 g/mol. The second kappa shape index (κ2) is 7.76. The molecule has 3 atom stereocenters. The van der Waals surface area contributed by atoms with Gasteiger partial charge in [0, 0.05) is 23.5 Å². The molecule has 0 saturated carbocycles. The zero-order valence-electron chi connectivity index (χ0n) is 17.5. The molecule has 0 bridgehead atoms. The van der Waals surface area contributed by atoms with E-state index in [1.165, 1.54) is 19.3 Å². The van der Waals surface area contributed by atoms with Crippen LogP contribution in [0.3, 0.4) is 0 Å². The molecule has 0 fully saturated rings. The van der Waals surface area contributed by atoms with Gasteiger partial charge in [0.1, 0.15) is 11.9 Å². The maximum atomic E-state index is 14.3. The van der Waals surface area contributed by atoms with Crippen LogP contribution in [0.2, 0.25) is 0 Å². The van der Waals surface area contributed by atoms with Gasteiger partial charge in [-0.05, 0) is 47.1 Å². The van der Waals surface area contributed by atoms with Gasteiger partial charge >= 0.3 is 6.18 Å². The Morgan fingerprint density at radius 1 is 1.17 bits per heavy atom. The normalized spacial score (nSPS) is 22.4. The molecule has 3 rings (SSSR count). The molecular formula is C23H27F4NO2. The van der Waals surface area contributed by atoms with Gasteiger partial charge in [0.15, 0.2) is 5.60 Å². The van der Waals surface area contributed by atoms with E-state index in [-0.39, 0.29) is 5.69 Å². The van der Waals surface area contributed by atoms with E-state index in [4.69, 9.17) is 4.74 Å². The molecule has 2 aromatic rings. The molecule has 0 radical (unpaired) electrons. The zero-order chi connectivity index (χ0) is 22.3. The highest BCUT2D eigenvalue weighted by Crippen LogP contribution is 2.49. The summed E-state index contributed by atoms with van der Waals surface area (Å²) in [7, 11) is 1.40. The molecule has 1 heterocycles. The summed E-state index contributed by atoms with van der Waals surface area (Å²) < 4.78 is 61.9. The Morgan fingerprint density at radius 2 is 1.83 bits per heavy atom. The zero-order valence-corrected chi connectivity index (χ0v) is 17.5. The van der Waals surface area contributed by atoms with Crippen molar-refractivity contribution < 1.29 is 27.4 Å². The molecule has 1 aliphatic carbocycles. The highest BCUT2D eigenvalue weighted by atomic mass is 19.4. The third kappa shape index (κ3) is 4.13. The number of alkyl halides is 4. The number of aromatic amines is 1. The molecule has 0 amide bonds. The van der Waals surface area contributed by atoms with Crippen LogP contribution in [0, 0.1) is 11.3 Å². The summed E-state index contributed by atoms with van der Waals surface area (Å²) in [5.41, 5.74) is -2.76. The lowest BCUT2D eigenvalue weighted by Crippen LogP contribution is -2.51. The number of ether oxygens (including phenoxy) is 1. The Morgan fingerprint density at radius 3 is 2.43 bits per heavy atom. The van der Waals surface area contributed by atoms with Crippen molar-refractivity contribution in [3.05, 3.63) is 59.5 Å². The van der Waals surface area contributed by atoms with Gasteiger partial charge in [-0.1, -0.05) is 39.0 Å². The van der Waals surface area contributed by atoms with Crippen molar-refractivity contribution >= 4 is 10.9 Å². The minimum atomic E-state index is -4.88. The first kappa shape index (κ1) is 22.4. The quantitative estimate of drug-likeness (QED) is 0.569.